The predicted molar refractivity (Wildman–Crippen MR) is 121 cm³/mol. The van der Waals surface area contributed by atoms with E-state index < -0.39 is 17.5 Å². The van der Waals surface area contributed by atoms with Crippen molar-refractivity contribution in [1.82, 2.24) is 10.3 Å². The molecule has 1 N–H and O–H groups in total. The van der Waals surface area contributed by atoms with Crippen LogP contribution in [0.1, 0.15) is 16.7 Å². The summed E-state index contributed by atoms with van der Waals surface area (Å²) in [6.45, 7) is 0. The van der Waals surface area contributed by atoms with E-state index in [1.54, 1.807) is 0 Å². The molecule has 0 saturated carbocycles. The van der Waals surface area contributed by atoms with Gasteiger partial charge in [0.15, 0.2) is 5.54 Å². The molecule has 0 aliphatic carbocycles. The third-order valence-corrected chi connectivity index (χ3v) is 5.51. The maximum absolute atomic E-state index is 13.6. The Kier molecular flexibility index (Phi) is 4.56. The zero-order valence-corrected chi connectivity index (χ0v) is 16.6. The summed E-state index contributed by atoms with van der Waals surface area (Å²) in [5.41, 5.74) is 0.850. The molecule has 1 aliphatic rings. The number of hydrazone groups is 1. The minimum atomic E-state index is -1.32. The first-order valence-corrected chi connectivity index (χ1v) is 9.99. The lowest BCUT2D eigenvalue weighted by atomic mass is 9.83. The first-order valence-electron chi connectivity index (χ1n) is 9.99. The molecule has 1 saturated heterocycles. The SMILES string of the molecule is O=C1NC(c2ccccc2)(c2ccccc2)C(=O)N1/N=C\c1ccc2ccccc2c1. The molecule has 0 unspecified atom stereocenters. The van der Waals surface area contributed by atoms with Crippen LogP contribution in [0.4, 0.5) is 4.79 Å². The highest BCUT2D eigenvalue weighted by Gasteiger charge is 2.54. The topological polar surface area (TPSA) is 61.8 Å². The molecular weight excluding hydrogens is 386 g/mol. The van der Waals surface area contributed by atoms with Crippen molar-refractivity contribution in [2.45, 2.75) is 5.54 Å². The summed E-state index contributed by atoms with van der Waals surface area (Å²) in [6, 6.07) is 31.8. The minimum absolute atomic E-state index is 0.438. The van der Waals surface area contributed by atoms with Crippen LogP contribution in [0.5, 0.6) is 0 Å². The number of nitrogens with one attached hydrogen (secondary N) is 1. The van der Waals surface area contributed by atoms with Gasteiger partial charge in [-0.15, -0.1) is 5.01 Å². The number of rotatable bonds is 4. The van der Waals surface area contributed by atoms with Crippen LogP contribution in [0.3, 0.4) is 0 Å². The van der Waals surface area contributed by atoms with Gasteiger partial charge in [0.25, 0.3) is 5.91 Å². The van der Waals surface area contributed by atoms with E-state index in [0.29, 0.717) is 11.1 Å². The van der Waals surface area contributed by atoms with E-state index in [0.717, 1.165) is 21.3 Å². The Bertz CT molecular complexity index is 1260. The average molecular weight is 405 g/mol. The van der Waals surface area contributed by atoms with Crippen molar-refractivity contribution in [2.24, 2.45) is 5.10 Å². The van der Waals surface area contributed by atoms with E-state index in [1.165, 1.54) is 6.21 Å². The molecule has 0 aromatic heterocycles. The number of nitrogens with zero attached hydrogens (tertiary/aromatic N) is 2. The molecule has 4 aromatic rings. The molecule has 5 nitrogen and oxygen atoms in total. The van der Waals surface area contributed by atoms with E-state index in [2.05, 4.69) is 10.4 Å². The summed E-state index contributed by atoms with van der Waals surface area (Å²) < 4.78 is 0. The largest absolute Gasteiger partial charge is 0.346 e. The van der Waals surface area contributed by atoms with E-state index in [9.17, 15) is 9.59 Å². The van der Waals surface area contributed by atoms with Crippen molar-refractivity contribution in [3.05, 3.63) is 120 Å². The maximum Gasteiger partial charge on any atom is 0.346 e. The Morgan fingerprint density at radius 1 is 0.710 bits per heavy atom. The Morgan fingerprint density at radius 3 is 1.94 bits per heavy atom. The number of hydrogen-bond donors (Lipinski definition) is 1. The Morgan fingerprint density at radius 2 is 1.29 bits per heavy atom. The number of hydrogen-bond acceptors (Lipinski definition) is 3. The number of fused-ring (bicyclic) bond motifs is 1. The first-order chi connectivity index (χ1) is 15.2. The van der Waals surface area contributed by atoms with Gasteiger partial charge in [-0.2, -0.15) is 5.10 Å². The van der Waals surface area contributed by atoms with Gasteiger partial charge in [-0.3, -0.25) is 4.79 Å². The third-order valence-electron chi connectivity index (χ3n) is 5.51. The number of imide groups is 1. The summed E-state index contributed by atoms with van der Waals surface area (Å²) >= 11 is 0. The molecule has 1 heterocycles. The standard InChI is InChI=1S/C26H19N3O2/c30-24-26(22-11-3-1-4-12-22,23-13-5-2-6-14-23)28-25(31)29(24)27-18-19-15-16-20-9-7-8-10-21(20)17-19/h1-18H,(H,28,31)/b27-18-. The second-order valence-corrected chi connectivity index (χ2v) is 7.38. The normalized spacial score (nSPS) is 15.5. The fraction of sp³-hybridized carbons (Fsp3) is 0.0385. The van der Waals surface area contributed by atoms with E-state index in [4.69, 9.17) is 0 Å². The fourth-order valence-electron chi connectivity index (χ4n) is 3.97. The van der Waals surface area contributed by atoms with Crippen molar-refractivity contribution in [3.63, 3.8) is 0 Å². The number of carbonyl (C=O) groups is 2. The predicted octanol–water partition coefficient (Wildman–Crippen LogP) is 4.67. The molecule has 5 heteroatoms. The van der Waals surface area contributed by atoms with Crippen LogP contribution in [-0.2, 0) is 10.3 Å². The molecular formula is C26H19N3O2. The van der Waals surface area contributed by atoms with E-state index in [1.807, 2.05) is 103 Å². The molecule has 0 atom stereocenters. The van der Waals surface area contributed by atoms with Gasteiger partial charge in [-0.1, -0.05) is 97.1 Å². The lowest BCUT2D eigenvalue weighted by molar-refractivity contribution is -0.130. The first kappa shape index (κ1) is 18.8. The Hall–Kier alpha value is -4.25. The van der Waals surface area contributed by atoms with Gasteiger partial charge >= 0.3 is 6.03 Å². The summed E-state index contributed by atoms with van der Waals surface area (Å²) in [4.78, 5) is 26.5. The van der Waals surface area contributed by atoms with Crippen LogP contribution in [0, 0.1) is 0 Å². The van der Waals surface area contributed by atoms with Crippen molar-refractivity contribution >= 4 is 28.9 Å². The van der Waals surface area contributed by atoms with Gasteiger partial charge in [0.1, 0.15) is 0 Å². The van der Waals surface area contributed by atoms with Gasteiger partial charge in [0.05, 0.1) is 6.21 Å². The molecule has 5 rings (SSSR count). The van der Waals surface area contributed by atoms with Crippen molar-refractivity contribution < 1.29 is 9.59 Å². The van der Waals surface area contributed by atoms with Gasteiger partial charge < -0.3 is 5.32 Å². The smallest absolute Gasteiger partial charge is 0.314 e. The average Bonchev–Trinajstić information content (AvgIpc) is 3.09. The van der Waals surface area contributed by atoms with Gasteiger partial charge in [-0.25, -0.2) is 4.79 Å². The summed E-state index contributed by atoms with van der Waals surface area (Å²) in [5, 5.41) is 10.2. The number of carbonyl (C=O) groups excluding carboxylic acids is 2. The van der Waals surface area contributed by atoms with Gasteiger partial charge in [0.2, 0.25) is 0 Å². The lowest BCUT2D eigenvalue weighted by Crippen LogP contribution is -2.44. The van der Waals surface area contributed by atoms with Crippen LogP contribution >= 0.6 is 0 Å². The summed E-state index contributed by atoms with van der Waals surface area (Å²) in [7, 11) is 0. The molecule has 1 fully saturated rings. The summed E-state index contributed by atoms with van der Waals surface area (Å²) in [6.07, 6.45) is 1.54. The minimum Gasteiger partial charge on any atom is -0.314 e. The molecule has 0 radical (unpaired) electrons. The van der Waals surface area contributed by atoms with Crippen LogP contribution < -0.4 is 5.32 Å². The number of urea groups is 1. The highest BCUT2D eigenvalue weighted by atomic mass is 16.2. The number of benzene rings is 4. The van der Waals surface area contributed by atoms with Crippen molar-refractivity contribution in [1.29, 1.82) is 0 Å². The fourth-order valence-corrected chi connectivity index (χ4v) is 3.97. The van der Waals surface area contributed by atoms with E-state index >= 15 is 0 Å². The van der Waals surface area contributed by atoms with Gasteiger partial charge in [0, 0.05) is 0 Å². The van der Waals surface area contributed by atoms with Crippen molar-refractivity contribution in [2.75, 3.05) is 0 Å². The Labute approximate surface area is 179 Å². The second-order valence-electron chi connectivity index (χ2n) is 7.38. The second kappa shape index (κ2) is 7.54. The monoisotopic (exact) mass is 405 g/mol. The molecule has 3 amide bonds. The zero-order valence-electron chi connectivity index (χ0n) is 16.6. The summed E-state index contributed by atoms with van der Waals surface area (Å²) in [5.74, 6) is -0.438. The van der Waals surface area contributed by atoms with Crippen LogP contribution in [0.15, 0.2) is 108 Å². The molecule has 0 bridgehead atoms. The van der Waals surface area contributed by atoms with Gasteiger partial charge in [-0.05, 0) is 33.5 Å². The van der Waals surface area contributed by atoms with Crippen LogP contribution in [0.25, 0.3) is 10.8 Å². The van der Waals surface area contributed by atoms with E-state index in [-0.39, 0.29) is 0 Å². The molecule has 4 aromatic carbocycles. The highest BCUT2D eigenvalue weighted by molar-refractivity contribution is 6.10. The van der Waals surface area contributed by atoms with Crippen LogP contribution in [-0.4, -0.2) is 23.2 Å². The zero-order chi connectivity index (χ0) is 21.3. The lowest BCUT2D eigenvalue weighted by Gasteiger charge is -2.27. The molecule has 1 aliphatic heterocycles. The highest BCUT2D eigenvalue weighted by Crippen LogP contribution is 2.36. The molecule has 150 valence electrons. The third kappa shape index (κ3) is 3.16. The Balaban J connectivity index is 1.54. The molecule has 0 spiro atoms. The molecule has 31 heavy (non-hydrogen) atoms. The van der Waals surface area contributed by atoms with Crippen molar-refractivity contribution in [3.8, 4) is 0 Å². The maximum atomic E-state index is 13.6. The quantitative estimate of drug-likeness (QED) is 0.396. The number of amides is 3. The van der Waals surface area contributed by atoms with Crippen LogP contribution in [0.2, 0.25) is 0 Å².